The van der Waals surface area contributed by atoms with E-state index >= 15 is 0 Å². The Morgan fingerprint density at radius 1 is 1.04 bits per heavy atom. The van der Waals surface area contributed by atoms with Gasteiger partial charge in [-0.3, -0.25) is 4.79 Å². The number of rotatable bonds is 6. The van der Waals surface area contributed by atoms with Crippen LogP contribution in [0.2, 0.25) is 0 Å². The summed E-state index contributed by atoms with van der Waals surface area (Å²) in [6, 6.07) is 16.8. The largest absolute Gasteiger partial charge is 0.332 e. The number of aryl methyl sites for hydroxylation is 2. The van der Waals surface area contributed by atoms with Crippen molar-refractivity contribution in [2.24, 2.45) is 5.92 Å². The Morgan fingerprint density at radius 3 is 2.22 bits per heavy atom. The normalized spacial score (nSPS) is 12.2. The fourth-order valence-corrected chi connectivity index (χ4v) is 2.96. The van der Waals surface area contributed by atoms with E-state index in [0.717, 1.165) is 16.8 Å². The molecule has 0 saturated heterocycles. The van der Waals surface area contributed by atoms with E-state index < -0.39 is 0 Å². The number of carbonyl (C=O) groups is 1. The van der Waals surface area contributed by atoms with Crippen LogP contribution in [0.1, 0.15) is 36.6 Å². The van der Waals surface area contributed by atoms with Gasteiger partial charge in [-0.2, -0.15) is 0 Å². The van der Waals surface area contributed by atoms with Crippen LogP contribution in [0.4, 0.5) is 5.69 Å². The summed E-state index contributed by atoms with van der Waals surface area (Å²) in [5, 5.41) is 5.12. The van der Waals surface area contributed by atoms with Crippen molar-refractivity contribution in [2.75, 3.05) is 11.9 Å². The molecule has 3 N–H and O–H groups in total. The fraction of sp³-hybridized carbons (Fsp3) is 0.350. The number of nitrogens with one attached hydrogen (secondary N) is 1. The molecule has 0 saturated carbocycles. The van der Waals surface area contributed by atoms with E-state index in [4.69, 9.17) is 0 Å². The minimum Gasteiger partial charge on any atom is -0.332 e. The Morgan fingerprint density at radius 2 is 1.65 bits per heavy atom. The van der Waals surface area contributed by atoms with E-state index in [9.17, 15) is 4.79 Å². The van der Waals surface area contributed by atoms with E-state index in [0.29, 0.717) is 18.5 Å². The van der Waals surface area contributed by atoms with E-state index in [1.165, 1.54) is 5.56 Å². The monoisotopic (exact) mass is 311 g/mol. The predicted molar refractivity (Wildman–Crippen MR) is 95.4 cm³/mol. The zero-order valence-corrected chi connectivity index (χ0v) is 14.5. The number of quaternary nitrogens is 1. The molecule has 2 aromatic rings. The lowest BCUT2D eigenvalue weighted by Crippen LogP contribution is -2.88. The molecule has 0 fully saturated rings. The number of carbonyl (C=O) groups excluding carboxylic acids is 1. The van der Waals surface area contributed by atoms with Crippen LogP contribution < -0.4 is 10.6 Å². The molecule has 2 aromatic carbocycles. The second kappa shape index (κ2) is 7.93. The minimum atomic E-state index is 0.0385. The summed E-state index contributed by atoms with van der Waals surface area (Å²) in [6.45, 7) is 8.88. The Bertz CT molecular complexity index is 630. The fourth-order valence-electron chi connectivity index (χ4n) is 2.96. The number of benzene rings is 2. The Kier molecular flexibility index (Phi) is 5.94. The van der Waals surface area contributed by atoms with E-state index in [-0.39, 0.29) is 5.91 Å². The van der Waals surface area contributed by atoms with Crippen LogP contribution in [-0.4, -0.2) is 12.5 Å². The number of hydrogen-bond acceptors (Lipinski definition) is 1. The second-order valence-corrected chi connectivity index (χ2v) is 6.54. The molecule has 3 nitrogen and oxygen atoms in total. The Labute approximate surface area is 139 Å². The first-order valence-electron chi connectivity index (χ1n) is 8.22. The number of hydrogen-bond donors (Lipinski definition) is 2. The summed E-state index contributed by atoms with van der Waals surface area (Å²) >= 11 is 0. The first-order valence-corrected chi connectivity index (χ1v) is 8.22. The lowest BCUT2D eigenvalue weighted by Gasteiger charge is -2.19. The lowest BCUT2D eigenvalue weighted by molar-refractivity contribution is -0.692. The van der Waals surface area contributed by atoms with Gasteiger partial charge in [-0.15, -0.1) is 0 Å². The third kappa shape index (κ3) is 5.22. The van der Waals surface area contributed by atoms with Gasteiger partial charge in [-0.1, -0.05) is 50.2 Å². The van der Waals surface area contributed by atoms with Gasteiger partial charge in [-0.25, -0.2) is 0 Å². The highest BCUT2D eigenvalue weighted by atomic mass is 16.1. The number of anilines is 1. The molecule has 0 aliphatic heterocycles. The maximum atomic E-state index is 12.3. The van der Waals surface area contributed by atoms with E-state index in [1.807, 2.05) is 44.2 Å². The van der Waals surface area contributed by atoms with E-state index in [1.54, 1.807) is 0 Å². The van der Waals surface area contributed by atoms with Crippen molar-refractivity contribution in [1.29, 1.82) is 0 Å². The van der Waals surface area contributed by atoms with Gasteiger partial charge in [0, 0.05) is 17.2 Å². The smallest absolute Gasteiger partial charge is 0.279 e. The van der Waals surface area contributed by atoms with Gasteiger partial charge in [0.1, 0.15) is 6.04 Å². The maximum absolute atomic E-state index is 12.3. The van der Waals surface area contributed by atoms with Crippen molar-refractivity contribution >= 4 is 11.6 Å². The van der Waals surface area contributed by atoms with Gasteiger partial charge in [-0.05, 0) is 37.1 Å². The highest BCUT2D eigenvalue weighted by Gasteiger charge is 2.20. The first kappa shape index (κ1) is 17.2. The highest BCUT2D eigenvalue weighted by Crippen LogP contribution is 2.17. The van der Waals surface area contributed by atoms with Crippen molar-refractivity contribution in [3.05, 3.63) is 65.2 Å². The third-order valence-corrected chi connectivity index (χ3v) is 3.97. The summed E-state index contributed by atoms with van der Waals surface area (Å²) in [4.78, 5) is 12.3. The van der Waals surface area contributed by atoms with Gasteiger partial charge in [0.2, 0.25) is 0 Å². The highest BCUT2D eigenvalue weighted by molar-refractivity contribution is 5.91. The molecule has 3 heteroatoms. The van der Waals surface area contributed by atoms with Crippen LogP contribution in [0.5, 0.6) is 0 Å². The summed E-state index contributed by atoms with van der Waals surface area (Å²) < 4.78 is 0. The molecule has 23 heavy (non-hydrogen) atoms. The minimum absolute atomic E-state index is 0.0385. The first-order chi connectivity index (χ1) is 11.0. The second-order valence-electron chi connectivity index (χ2n) is 6.54. The summed E-state index contributed by atoms with van der Waals surface area (Å²) in [5.41, 5.74) is 4.46. The Hall–Kier alpha value is -2.13. The van der Waals surface area contributed by atoms with Crippen LogP contribution in [0, 0.1) is 19.8 Å². The van der Waals surface area contributed by atoms with Crippen LogP contribution in [0.15, 0.2) is 48.5 Å². The number of amides is 1. The van der Waals surface area contributed by atoms with Crippen LogP contribution in [0.3, 0.4) is 0 Å². The molecule has 122 valence electrons. The third-order valence-electron chi connectivity index (χ3n) is 3.97. The maximum Gasteiger partial charge on any atom is 0.279 e. The van der Waals surface area contributed by atoms with Crippen LogP contribution in [-0.2, 0) is 4.79 Å². The molecule has 0 spiro atoms. The molecule has 1 atom stereocenters. The zero-order chi connectivity index (χ0) is 16.8. The molecule has 0 aliphatic carbocycles. The zero-order valence-electron chi connectivity index (χ0n) is 14.5. The van der Waals surface area contributed by atoms with Gasteiger partial charge in [0.15, 0.2) is 6.54 Å². The van der Waals surface area contributed by atoms with Gasteiger partial charge in [0.25, 0.3) is 5.91 Å². The molecule has 0 aromatic heterocycles. The molecule has 2 rings (SSSR count). The standard InChI is InChI=1S/C20H26N2O/c1-14(2)20(17-8-6-5-7-9-17)21-13-19(23)22-18-11-15(3)10-16(4)12-18/h5-12,14,20-21H,13H2,1-4H3,(H,22,23)/p+1/t20-/m0/s1. The predicted octanol–water partition coefficient (Wildman–Crippen LogP) is 3.20. The SMILES string of the molecule is Cc1cc(C)cc(NC(=O)C[NH2+][C@H](c2ccccc2)C(C)C)c1. The Balaban J connectivity index is 1.96. The van der Waals surface area contributed by atoms with Gasteiger partial charge in [0.05, 0.1) is 0 Å². The average Bonchev–Trinajstić information content (AvgIpc) is 2.47. The summed E-state index contributed by atoms with van der Waals surface area (Å²) in [7, 11) is 0. The molecule has 0 heterocycles. The van der Waals surface area contributed by atoms with Crippen molar-refractivity contribution in [3.63, 3.8) is 0 Å². The lowest BCUT2D eigenvalue weighted by atomic mass is 9.96. The van der Waals surface area contributed by atoms with Gasteiger partial charge < -0.3 is 10.6 Å². The van der Waals surface area contributed by atoms with E-state index in [2.05, 4.69) is 42.7 Å². The summed E-state index contributed by atoms with van der Waals surface area (Å²) in [5.74, 6) is 0.503. The topological polar surface area (TPSA) is 45.7 Å². The van der Waals surface area contributed by atoms with Crippen molar-refractivity contribution in [1.82, 2.24) is 0 Å². The van der Waals surface area contributed by atoms with Crippen LogP contribution >= 0.6 is 0 Å². The quantitative estimate of drug-likeness (QED) is 0.845. The molecule has 0 unspecified atom stereocenters. The number of nitrogens with two attached hydrogens (primary N) is 1. The van der Waals surface area contributed by atoms with Crippen molar-refractivity contribution < 1.29 is 10.1 Å². The molecule has 0 aliphatic rings. The molecular formula is C20H27N2O+. The molecule has 0 radical (unpaired) electrons. The molecular weight excluding hydrogens is 284 g/mol. The van der Waals surface area contributed by atoms with Crippen molar-refractivity contribution in [2.45, 2.75) is 33.7 Å². The van der Waals surface area contributed by atoms with Crippen molar-refractivity contribution in [3.8, 4) is 0 Å². The molecule has 1 amide bonds. The average molecular weight is 311 g/mol. The van der Waals surface area contributed by atoms with Gasteiger partial charge >= 0.3 is 0 Å². The van der Waals surface area contributed by atoms with Crippen LogP contribution in [0.25, 0.3) is 0 Å². The summed E-state index contributed by atoms with van der Waals surface area (Å²) in [6.07, 6.45) is 0. The molecule has 0 bridgehead atoms.